The lowest BCUT2D eigenvalue weighted by molar-refractivity contribution is 0.213. The van der Waals surface area contributed by atoms with Crippen LogP contribution in [0.1, 0.15) is 72.1 Å². The molecule has 2 nitrogen and oxygen atoms in total. The van der Waals surface area contributed by atoms with Crippen LogP contribution in [0.2, 0.25) is 0 Å². The Labute approximate surface area is 120 Å². The van der Waals surface area contributed by atoms with Crippen LogP contribution in [0.25, 0.3) is 0 Å². The van der Waals surface area contributed by atoms with E-state index in [9.17, 15) is 0 Å². The van der Waals surface area contributed by atoms with Gasteiger partial charge in [0.2, 0.25) is 0 Å². The van der Waals surface area contributed by atoms with E-state index in [4.69, 9.17) is 0 Å². The summed E-state index contributed by atoms with van der Waals surface area (Å²) >= 11 is 0. The lowest BCUT2D eigenvalue weighted by Gasteiger charge is -2.33. The molecule has 0 aromatic heterocycles. The smallest absolute Gasteiger partial charge is 0.00822 e. The molecule has 2 heteroatoms. The second kappa shape index (κ2) is 7.08. The van der Waals surface area contributed by atoms with Crippen LogP contribution in [0.15, 0.2) is 0 Å². The molecule has 1 saturated carbocycles. The Morgan fingerprint density at radius 1 is 1.16 bits per heavy atom. The summed E-state index contributed by atoms with van der Waals surface area (Å²) in [6.45, 7) is 9.61. The minimum Gasteiger partial charge on any atom is -0.314 e. The molecule has 0 aromatic carbocycles. The highest BCUT2D eigenvalue weighted by Crippen LogP contribution is 2.42. The highest BCUT2D eigenvalue weighted by molar-refractivity contribution is 4.89. The van der Waals surface area contributed by atoms with Gasteiger partial charge in [-0.25, -0.2) is 0 Å². The van der Waals surface area contributed by atoms with Crippen LogP contribution in [0.3, 0.4) is 0 Å². The molecule has 19 heavy (non-hydrogen) atoms. The van der Waals surface area contributed by atoms with Gasteiger partial charge in [-0.15, -0.1) is 0 Å². The van der Waals surface area contributed by atoms with Crippen molar-refractivity contribution in [3.63, 3.8) is 0 Å². The van der Waals surface area contributed by atoms with Gasteiger partial charge >= 0.3 is 0 Å². The van der Waals surface area contributed by atoms with Crippen molar-refractivity contribution in [3.8, 4) is 0 Å². The Morgan fingerprint density at radius 3 is 2.47 bits per heavy atom. The molecule has 0 aromatic rings. The first-order valence-corrected chi connectivity index (χ1v) is 8.56. The van der Waals surface area contributed by atoms with Crippen molar-refractivity contribution in [1.29, 1.82) is 0 Å². The summed E-state index contributed by atoms with van der Waals surface area (Å²) in [7, 11) is 0. The van der Waals surface area contributed by atoms with E-state index in [1.165, 1.54) is 64.5 Å². The molecule has 2 rings (SSSR count). The maximum absolute atomic E-state index is 3.86. The largest absolute Gasteiger partial charge is 0.314 e. The van der Waals surface area contributed by atoms with Crippen LogP contribution in [0.5, 0.6) is 0 Å². The van der Waals surface area contributed by atoms with E-state index in [0.717, 1.165) is 12.0 Å². The third-order valence-electron chi connectivity index (χ3n) is 5.13. The normalized spacial score (nSPS) is 28.1. The Morgan fingerprint density at radius 2 is 1.89 bits per heavy atom. The minimum absolute atomic E-state index is 0.617. The van der Waals surface area contributed by atoms with Gasteiger partial charge in [0.15, 0.2) is 0 Å². The van der Waals surface area contributed by atoms with Crippen molar-refractivity contribution in [2.24, 2.45) is 11.3 Å². The first-order valence-electron chi connectivity index (χ1n) is 8.56. The fraction of sp³-hybridized carbons (Fsp3) is 1.00. The van der Waals surface area contributed by atoms with Gasteiger partial charge in [0.05, 0.1) is 0 Å². The van der Waals surface area contributed by atoms with Gasteiger partial charge in [-0.3, -0.25) is 0 Å². The summed E-state index contributed by atoms with van der Waals surface area (Å²) < 4.78 is 0. The summed E-state index contributed by atoms with van der Waals surface area (Å²) in [6, 6.07) is 1.44. The first kappa shape index (κ1) is 15.3. The van der Waals surface area contributed by atoms with E-state index >= 15 is 0 Å². The van der Waals surface area contributed by atoms with Gasteiger partial charge < -0.3 is 10.6 Å². The van der Waals surface area contributed by atoms with Gasteiger partial charge in [0.1, 0.15) is 0 Å². The molecule has 1 aliphatic heterocycles. The maximum Gasteiger partial charge on any atom is 0.00822 e. The van der Waals surface area contributed by atoms with Gasteiger partial charge in [0, 0.05) is 18.6 Å². The molecule has 112 valence electrons. The quantitative estimate of drug-likeness (QED) is 0.734. The maximum atomic E-state index is 3.86. The minimum atomic E-state index is 0.617. The molecule has 1 heterocycles. The van der Waals surface area contributed by atoms with Crippen molar-refractivity contribution in [1.82, 2.24) is 10.6 Å². The van der Waals surface area contributed by atoms with Crippen LogP contribution in [-0.4, -0.2) is 25.2 Å². The molecular weight excluding hydrogens is 232 g/mol. The molecule has 2 aliphatic rings. The molecule has 0 radical (unpaired) electrons. The lowest BCUT2D eigenvalue weighted by atomic mass is 9.78. The number of nitrogens with one attached hydrogen (secondary N) is 2. The highest BCUT2D eigenvalue weighted by atomic mass is 15.0. The fourth-order valence-corrected chi connectivity index (χ4v) is 4.30. The SMILES string of the molecule is CC(C)CC1(CNC(C)CC2CCCN2)CCCC1. The van der Waals surface area contributed by atoms with Crippen molar-refractivity contribution in [2.45, 2.75) is 84.2 Å². The van der Waals surface area contributed by atoms with Gasteiger partial charge in [-0.1, -0.05) is 26.7 Å². The van der Waals surface area contributed by atoms with Gasteiger partial charge in [-0.2, -0.15) is 0 Å². The molecule has 2 fully saturated rings. The Kier molecular flexibility index (Phi) is 5.70. The van der Waals surface area contributed by atoms with Crippen molar-refractivity contribution < 1.29 is 0 Å². The van der Waals surface area contributed by atoms with Crippen molar-refractivity contribution in [2.75, 3.05) is 13.1 Å². The van der Waals surface area contributed by atoms with Crippen molar-refractivity contribution in [3.05, 3.63) is 0 Å². The Hall–Kier alpha value is -0.0800. The summed E-state index contributed by atoms with van der Waals surface area (Å²) in [5.41, 5.74) is 0.617. The van der Waals surface area contributed by atoms with Crippen molar-refractivity contribution >= 4 is 0 Å². The highest BCUT2D eigenvalue weighted by Gasteiger charge is 2.34. The van der Waals surface area contributed by atoms with E-state index in [1.54, 1.807) is 0 Å². The van der Waals surface area contributed by atoms with Crippen LogP contribution in [0, 0.1) is 11.3 Å². The molecule has 0 amide bonds. The lowest BCUT2D eigenvalue weighted by Crippen LogP contribution is -2.40. The zero-order valence-electron chi connectivity index (χ0n) is 13.3. The monoisotopic (exact) mass is 266 g/mol. The molecule has 2 unspecified atom stereocenters. The predicted octanol–water partition coefficient (Wildman–Crippen LogP) is 3.71. The standard InChI is InChI=1S/C17H34N2/c1-14(2)12-17(8-4-5-9-17)13-19-15(3)11-16-7-6-10-18-16/h14-16,18-19H,4-13H2,1-3H3. The Bertz CT molecular complexity index is 250. The molecule has 0 spiro atoms. The van der Waals surface area contributed by atoms with Crippen LogP contribution >= 0.6 is 0 Å². The van der Waals surface area contributed by atoms with Crippen LogP contribution < -0.4 is 10.6 Å². The van der Waals surface area contributed by atoms with E-state index in [2.05, 4.69) is 31.4 Å². The van der Waals surface area contributed by atoms with E-state index in [1.807, 2.05) is 0 Å². The number of hydrogen-bond acceptors (Lipinski definition) is 2. The predicted molar refractivity (Wildman–Crippen MR) is 83.5 cm³/mol. The molecule has 1 saturated heterocycles. The average molecular weight is 266 g/mol. The average Bonchev–Trinajstić information content (AvgIpc) is 2.98. The summed E-state index contributed by atoms with van der Waals surface area (Å²) in [5, 5.41) is 7.47. The molecule has 1 aliphatic carbocycles. The van der Waals surface area contributed by atoms with Gasteiger partial charge in [0.25, 0.3) is 0 Å². The molecular formula is C17H34N2. The zero-order chi connectivity index (χ0) is 13.7. The second-order valence-electron chi connectivity index (χ2n) is 7.62. The van der Waals surface area contributed by atoms with E-state index in [-0.39, 0.29) is 0 Å². The van der Waals surface area contributed by atoms with Gasteiger partial charge in [-0.05, 0) is 63.3 Å². The summed E-state index contributed by atoms with van der Waals surface area (Å²) in [4.78, 5) is 0. The van der Waals surface area contributed by atoms with E-state index < -0.39 is 0 Å². The molecule has 2 atom stereocenters. The third-order valence-corrected chi connectivity index (χ3v) is 5.13. The van der Waals surface area contributed by atoms with E-state index in [0.29, 0.717) is 11.5 Å². The van der Waals surface area contributed by atoms with Crippen LogP contribution in [0.4, 0.5) is 0 Å². The number of hydrogen-bond donors (Lipinski definition) is 2. The molecule has 0 bridgehead atoms. The second-order valence-corrected chi connectivity index (χ2v) is 7.62. The summed E-state index contributed by atoms with van der Waals surface area (Å²) in [5.74, 6) is 0.840. The van der Waals surface area contributed by atoms with Crippen LogP contribution in [-0.2, 0) is 0 Å². The Balaban J connectivity index is 1.74. The third kappa shape index (κ3) is 4.75. The first-order chi connectivity index (χ1) is 9.10. The zero-order valence-corrected chi connectivity index (χ0v) is 13.3. The topological polar surface area (TPSA) is 24.1 Å². The molecule has 2 N–H and O–H groups in total. The number of rotatable bonds is 7. The fourth-order valence-electron chi connectivity index (χ4n) is 4.30. The summed E-state index contributed by atoms with van der Waals surface area (Å²) in [6.07, 6.45) is 11.3.